The lowest BCUT2D eigenvalue weighted by atomic mass is 10.1. The average molecular weight is 229 g/mol. The molecule has 0 fully saturated rings. The van der Waals surface area contributed by atoms with Crippen LogP contribution in [0.5, 0.6) is 0 Å². The predicted molar refractivity (Wildman–Crippen MR) is 71.8 cm³/mol. The molecule has 0 saturated heterocycles. The Hall–Kier alpha value is -0.0800. The molecule has 0 aliphatic carbocycles. The molecule has 2 nitrogen and oxygen atoms in total. The van der Waals surface area contributed by atoms with Crippen molar-refractivity contribution in [1.29, 1.82) is 0 Å². The summed E-state index contributed by atoms with van der Waals surface area (Å²) in [4.78, 5) is 2.39. The van der Waals surface area contributed by atoms with Gasteiger partial charge in [0.25, 0.3) is 0 Å². The third-order valence-electron chi connectivity index (χ3n) is 2.94. The topological polar surface area (TPSA) is 23.5 Å². The van der Waals surface area contributed by atoms with Gasteiger partial charge in [0, 0.05) is 6.54 Å². The molecule has 0 spiro atoms. The van der Waals surface area contributed by atoms with Crippen LogP contribution in [0.3, 0.4) is 0 Å². The van der Waals surface area contributed by atoms with Gasteiger partial charge in [0.15, 0.2) is 0 Å². The molecule has 2 heteroatoms. The molecule has 0 aliphatic heterocycles. The van der Waals surface area contributed by atoms with Gasteiger partial charge in [-0.3, -0.25) is 0 Å². The maximum absolute atomic E-state index is 9.93. The summed E-state index contributed by atoms with van der Waals surface area (Å²) in [6.45, 7) is 9.75. The van der Waals surface area contributed by atoms with E-state index in [9.17, 15) is 5.11 Å². The van der Waals surface area contributed by atoms with Crippen LogP contribution in [0.2, 0.25) is 0 Å². The maximum atomic E-state index is 9.93. The van der Waals surface area contributed by atoms with Crippen molar-refractivity contribution in [2.24, 2.45) is 0 Å². The van der Waals surface area contributed by atoms with E-state index in [0.717, 1.165) is 26.1 Å². The zero-order chi connectivity index (χ0) is 12.2. The quantitative estimate of drug-likeness (QED) is 0.549. The van der Waals surface area contributed by atoms with Gasteiger partial charge < -0.3 is 10.0 Å². The van der Waals surface area contributed by atoms with Crippen molar-refractivity contribution in [3.8, 4) is 0 Å². The SMILES string of the molecule is CCCCCCC(O)CN(CCC)CCC. The summed E-state index contributed by atoms with van der Waals surface area (Å²) in [6, 6.07) is 0. The van der Waals surface area contributed by atoms with E-state index in [1.165, 1.54) is 38.5 Å². The van der Waals surface area contributed by atoms with Gasteiger partial charge >= 0.3 is 0 Å². The Balaban J connectivity index is 3.59. The molecule has 0 saturated carbocycles. The van der Waals surface area contributed by atoms with Gasteiger partial charge in [-0.1, -0.05) is 46.5 Å². The molecule has 0 aliphatic rings. The second kappa shape index (κ2) is 11.4. The van der Waals surface area contributed by atoms with E-state index in [1.54, 1.807) is 0 Å². The van der Waals surface area contributed by atoms with E-state index >= 15 is 0 Å². The zero-order valence-corrected chi connectivity index (χ0v) is 11.5. The fourth-order valence-electron chi connectivity index (χ4n) is 2.12. The third-order valence-corrected chi connectivity index (χ3v) is 2.94. The van der Waals surface area contributed by atoms with Gasteiger partial charge in [-0.15, -0.1) is 0 Å². The molecule has 0 heterocycles. The van der Waals surface area contributed by atoms with Crippen LogP contribution < -0.4 is 0 Å². The van der Waals surface area contributed by atoms with Crippen molar-refractivity contribution in [1.82, 2.24) is 4.90 Å². The van der Waals surface area contributed by atoms with Crippen LogP contribution in [-0.4, -0.2) is 35.7 Å². The average Bonchev–Trinajstić information content (AvgIpc) is 2.25. The molecular weight excluding hydrogens is 198 g/mol. The smallest absolute Gasteiger partial charge is 0.0667 e. The highest BCUT2D eigenvalue weighted by Gasteiger charge is 2.09. The molecule has 0 rings (SSSR count). The molecule has 0 aromatic carbocycles. The Kier molecular flexibility index (Phi) is 11.3. The van der Waals surface area contributed by atoms with Crippen LogP contribution in [0.1, 0.15) is 65.7 Å². The molecule has 1 N–H and O–H groups in total. The van der Waals surface area contributed by atoms with Crippen molar-refractivity contribution in [2.45, 2.75) is 71.8 Å². The number of hydrogen-bond donors (Lipinski definition) is 1. The molecule has 98 valence electrons. The minimum Gasteiger partial charge on any atom is -0.392 e. The van der Waals surface area contributed by atoms with E-state index in [0.29, 0.717) is 0 Å². The molecule has 0 aromatic heterocycles. The number of aliphatic hydroxyl groups excluding tert-OH is 1. The summed E-state index contributed by atoms with van der Waals surface area (Å²) < 4.78 is 0. The minimum absolute atomic E-state index is 0.116. The largest absolute Gasteiger partial charge is 0.392 e. The molecule has 0 radical (unpaired) electrons. The monoisotopic (exact) mass is 229 g/mol. The molecule has 0 aromatic rings. The van der Waals surface area contributed by atoms with Gasteiger partial charge in [-0.25, -0.2) is 0 Å². The second-order valence-corrected chi connectivity index (χ2v) is 4.80. The molecule has 1 unspecified atom stereocenters. The van der Waals surface area contributed by atoms with Gasteiger partial charge in [0.1, 0.15) is 0 Å². The Labute approximate surface area is 102 Å². The lowest BCUT2D eigenvalue weighted by Crippen LogP contribution is -2.33. The fraction of sp³-hybridized carbons (Fsp3) is 1.00. The number of hydrogen-bond acceptors (Lipinski definition) is 2. The van der Waals surface area contributed by atoms with Crippen molar-refractivity contribution in [3.63, 3.8) is 0 Å². The maximum Gasteiger partial charge on any atom is 0.0667 e. The van der Waals surface area contributed by atoms with E-state index in [1.807, 2.05) is 0 Å². The van der Waals surface area contributed by atoms with Crippen molar-refractivity contribution < 1.29 is 5.11 Å². The van der Waals surface area contributed by atoms with Crippen LogP contribution in [0.25, 0.3) is 0 Å². The van der Waals surface area contributed by atoms with Crippen molar-refractivity contribution in [3.05, 3.63) is 0 Å². The highest BCUT2D eigenvalue weighted by molar-refractivity contribution is 4.64. The zero-order valence-electron chi connectivity index (χ0n) is 11.5. The minimum atomic E-state index is -0.116. The number of unbranched alkanes of at least 4 members (excludes halogenated alkanes) is 3. The van der Waals surface area contributed by atoms with Crippen LogP contribution in [0.15, 0.2) is 0 Å². The number of aliphatic hydroxyl groups is 1. The van der Waals surface area contributed by atoms with E-state index in [4.69, 9.17) is 0 Å². The van der Waals surface area contributed by atoms with Crippen LogP contribution in [0, 0.1) is 0 Å². The first-order chi connectivity index (χ1) is 7.74. The molecule has 1 atom stereocenters. The van der Waals surface area contributed by atoms with E-state index < -0.39 is 0 Å². The van der Waals surface area contributed by atoms with Crippen molar-refractivity contribution in [2.75, 3.05) is 19.6 Å². The summed E-state index contributed by atoms with van der Waals surface area (Å²) in [6.07, 6.45) is 8.26. The predicted octanol–water partition coefficient (Wildman–Crippen LogP) is 3.44. The van der Waals surface area contributed by atoms with Crippen LogP contribution in [0.4, 0.5) is 0 Å². The first-order valence-electron chi connectivity index (χ1n) is 7.14. The number of nitrogens with zero attached hydrogens (tertiary/aromatic N) is 1. The van der Waals surface area contributed by atoms with E-state index in [-0.39, 0.29) is 6.10 Å². The standard InChI is InChI=1S/C14H31NO/c1-4-7-8-9-10-14(16)13-15(11-5-2)12-6-3/h14,16H,4-13H2,1-3H3. The third kappa shape index (κ3) is 9.17. The normalized spacial score (nSPS) is 13.3. The fourth-order valence-corrected chi connectivity index (χ4v) is 2.12. The second-order valence-electron chi connectivity index (χ2n) is 4.80. The summed E-state index contributed by atoms with van der Waals surface area (Å²) in [5.41, 5.74) is 0. The number of rotatable bonds is 11. The van der Waals surface area contributed by atoms with Gasteiger partial charge in [-0.05, 0) is 32.4 Å². The Morgan fingerprint density at radius 2 is 1.50 bits per heavy atom. The Morgan fingerprint density at radius 1 is 0.875 bits per heavy atom. The first-order valence-corrected chi connectivity index (χ1v) is 7.14. The summed E-state index contributed by atoms with van der Waals surface area (Å²) in [5, 5.41) is 9.93. The van der Waals surface area contributed by atoms with Crippen molar-refractivity contribution >= 4 is 0 Å². The lowest BCUT2D eigenvalue weighted by Gasteiger charge is -2.24. The van der Waals surface area contributed by atoms with Gasteiger partial charge in [-0.2, -0.15) is 0 Å². The van der Waals surface area contributed by atoms with Gasteiger partial charge in [0.05, 0.1) is 6.10 Å². The van der Waals surface area contributed by atoms with Crippen LogP contribution >= 0.6 is 0 Å². The highest BCUT2D eigenvalue weighted by atomic mass is 16.3. The Bertz CT molecular complexity index is 133. The summed E-state index contributed by atoms with van der Waals surface area (Å²) in [5.74, 6) is 0. The van der Waals surface area contributed by atoms with E-state index in [2.05, 4.69) is 25.7 Å². The molecule has 16 heavy (non-hydrogen) atoms. The molecular formula is C14H31NO. The Morgan fingerprint density at radius 3 is 2.00 bits per heavy atom. The van der Waals surface area contributed by atoms with Gasteiger partial charge in [0.2, 0.25) is 0 Å². The highest BCUT2D eigenvalue weighted by Crippen LogP contribution is 2.07. The van der Waals surface area contributed by atoms with Crippen LogP contribution in [-0.2, 0) is 0 Å². The first kappa shape index (κ1) is 15.9. The summed E-state index contributed by atoms with van der Waals surface area (Å²) in [7, 11) is 0. The lowest BCUT2D eigenvalue weighted by molar-refractivity contribution is 0.103. The molecule has 0 amide bonds. The summed E-state index contributed by atoms with van der Waals surface area (Å²) >= 11 is 0. The molecule has 0 bridgehead atoms.